The predicted octanol–water partition coefficient (Wildman–Crippen LogP) is 2.84. The van der Waals surface area contributed by atoms with E-state index >= 15 is 0 Å². The number of hydrogen-bond acceptors (Lipinski definition) is 1. The van der Waals surface area contributed by atoms with Crippen LogP contribution in [0.3, 0.4) is 0 Å². The summed E-state index contributed by atoms with van der Waals surface area (Å²) < 4.78 is 0. The summed E-state index contributed by atoms with van der Waals surface area (Å²) in [5.74, 6) is -0.00563. The first-order valence-corrected chi connectivity index (χ1v) is 6.17. The molecule has 2 rings (SSSR count). The number of amides is 1. The fourth-order valence-corrected chi connectivity index (χ4v) is 1.96. The summed E-state index contributed by atoms with van der Waals surface area (Å²) in [6.45, 7) is 2.42. The number of H-pyrrole nitrogens is 1. The van der Waals surface area contributed by atoms with Gasteiger partial charge in [0.15, 0.2) is 0 Å². The lowest BCUT2D eigenvalue weighted by molar-refractivity contribution is -0.120. The number of halogens is 1. The van der Waals surface area contributed by atoms with Crippen molar-refractivity contribution in [3.8, 4) is 0 Å². The van der Waals surface area contributed by atoms with Gasteiger partial charge >= 0.3 is 0 Å². The standard InChI is InChI=1S/C14H15ClN2O/c1-10-6-11(8-16-10)7-14(18)17-9-12-4-2-3-5-13(12)15/h2-6,8,16H,7,9H2,1H3,(H,17,18). The van der Waals surface area contributed by atoms with Gasteiger partial charge in [0.2, 0.25) is 5.91 Å². The molecule has 0 aliphatic rings. The normalized spacial score (nSPS) is 10.3. The summed E-state index contributed by atoms with van der Waals surface area (Å²) >= 11 is 6.01. The molecule has 0 bridgehead atoms. The largest absolute Gasteiger partial charge is 0.365 e. The summed E-state index contributed by atoms with van der Waals surface area (Å²) in [4.78, 5) is 14.8. The molecule has 3 nitrogen and oxygen atoms in total. The van der Waals surface area contributed by atoms with E-state index in [0.29, 0.717) is 18.0 Å². The van der Waals surface area contributed by atoms with Gasteiger partial charge in [-0.2, -0.15) is 0 Å². The average molecular weight is 263 g/mol. The molecular weight excluding hydrogens is 248 g/mol. The van der Waals surface area contributed by atoms with E-state index in [1.807, 2.05) is 43.5 Å². The Morgan fingerprint density at radius 1 is 1.39 bits per heavy atom. The molecule has 1 amide bonds. The van der Waals surface area contributed by atoms with E-state index in [1.165, 1.54) is 0 Å². The van der Waals surface area contributed by atoms with Gasteiger partial charge < -0.3 is 10.3 Å². The van der Waals surface area contributed by atoms with E-state index in [-0.39, 0.29) is 5.91 Å². The zero-order valence-corrected chi connectivity index (χ0v) is 10.9. The molecule has 18 heavy (non-hydrogen) atoms. The second-order valence-corrected chi connectivity index (χ2v) is 4.64. The first-order chi connectivity index (χ1) is 8.65. The van der Waals surface area contributed by atoms with Gasteiger partial charge in [-0.25, -0.2) is 0 Å². The van der Waals surface area contributed by atoms with Gasteiger partial charge in [0.25, 0.3) is 0 Å². The predicted molar refractivity (Wildman–Crippen MR) is 72.5 cm³/mol. The van der Waals surface area contributed by atoms with Gasteiger partial charge in [-0.1, -0.05) is 29.8 Å². The van der Waals surface area contributed by atoms with Gasteiger partial charge in [0.05, 0.1) is 6.42 Å². The molecule has 0 fully saturated rings. The van der Waals surface area contributed by atoms with Crippen LogP contribution in [0.15, 0.2) is 36.5 Å². The summed E-state index contributed by atoms with van der Waals surface area (Å²) in [6, 6.07) is 9.47. The topological polar surface area (TPSA) is 44.9 Å². The number of nitrogens with one attached hydrogen (secondary N) is 2. The van der Waals surface area contributed by atoms with Crippen LogP contribution in [-0.4, -0.2) is 10.9 Å². The fraction of sp³-hybridized carbons (Fsp3) is 0.214. The molecule has 1 aromatic heterocycles. The third-order valence-corrected chi connectivity index (χ3v) is 3.05. The van der Waals surface area contributed by atoms with Gasteiger partial charge in [0.1, 0.15) is 0 Å². The maximum atomic E-state index is 11.7. The number of aromatic nitrogens is 1. The van der Waals surface area contributed by atoms with Crippen molar-refractivity contribution >= 4 is 17.5 Å². The van der Waals surface area contributed by atoms with Crippen LogP contribution in [0.1, 0.15) is 16.8 Å². The van der Waals surface area contributed by atoms with Crippen molar-refractivity contribution in [2.24, 2.45) is 0 Å². The maximum Gasteiger partial charge on any atom is 0.224 e. The number of hydrogen-bond donors (Lipinski definition) is 2. The zero-order chi connectivity index (χ0) is 13.0. The van der Waals surface area contributed by atoms with E-state index in [0.717, 1.165) is 16.8 Å². The second-order valence-electron chi connectivity index (χ2n) is 4.24. The summed E-state index contributed by atoms with van der Waals surface area (Å²) in [6.07, 6.45) is 2.24. The minimum Gasteiger partial charge on any atom is -0.365 e. The summed E-state index contributed by atoms with van der Waals surface area (Å²) in [7, 11) is 0. The molecule has 0 aliphatic carbocycles. The van der Waals surface area contributed by atoms with Crippen LogP contribution in [-0.2, 0) is 17.8 Å². The molecule has 1 heterocycles. The van der Waals surface area contributed by atoms with Crippen molar-refractivity contribution in [1.82, 2.24) is 10.3 Å². The zero-order valence-electron chi connectivity index (χ0n) is 10.2. The molecule has 0 aliphatic heterocycles. The first-order valence-electron chi connectivity index (χ1n) is 5.79. The number of benzene rings is 1. The minimum atomic E-state index is -0.00563. The Balaban J connectivity index is 1.87. The van der Waals surface area contributed by atoms with Gasteiger partial charge in [0, 0.05) is 23.5 Å². The first kappa shape index (κ1) is 12.7. The van der Waals surface area contributed by atoms with E-state index in [1.54, 1.807) is 0 Å². The van der Waals surface area contributed by atoms with Crippen molar-refractivity contribution < 1.29 is 4.79 Å². The van der Waals surface area contributed by atoms with E-state index in [4.69, 9.17) is 11.6 Å². The van der Waals surface area contributed by atoms with Gasteiger partial charge in [-0.15, -0.1) is 0 Å². The highest BCUT2D eigenvalue weighted by atomic mass is 35.5. The highest BCUT2D eigenvalue weighted by Gasteiger charge is 2.05. The van der Waals surface area contributed by atoms with Crippen molar-refractivity contribution in [1.29, 1.82) is 0 Å². The lowest BCUT2D eigenvalue weighted by atomic mass is 10.2. The van der Waals surface area contributed by atoms with Crippen LogP contribution in [0.5, 0.6) is 0 Å². The van der Waals surface area contributed by atoms with Crippen LogP contribution in [0, 0.1) is 6.92 Å². The third-order valence-electron chi connectivity index (χ3n) is 2.69. The number of aromatic amines is 1. The molecule has 0 spiro atoms. The van der Waals surface area contributed by atoms with Crippen LogP contribution in [0.4, 0.5) is 0 Å². The Morgan fingerprint density at radius 2 is 2.17 bits per heavy atom. The summed E-state index contributed by atoms with van der Waals surface area (Å²) in [5, 5.41) is 3.54. The Morgan fingerprint density at radius 3 is 2.83 bits per heavy atom. The molecule has 0 unspecified atom stereocenters. The highest BCUT2D eigenvalue weighted by molar-refractivity contribution is 6.31. The van der Waals surface area contributed by atoms with Crippen molar-refractivity contribution in [2.75, 3.05) is 0 Å². The smallest absolute Gasteiger partial charge is 0.224 e. The summed E-state index contributed by atoms with van der Waals surface area (Å²) in [5.41, 5.74) is 2.98. The number of aryl methyl sites for hydroxylation is 1. The van der Waals surface area contributed by atoms with Crippen LogP contribution in [0.2, 0.25) is 5.02 Å². The van der Waals surface area contributed by atoms with Crippen LogP contribution >= 0.6 is 11.6 Å². The molecule has 4 heteroatoms. The molecule has 2 N–H and O–H groups in total. The average Bonchev–Trinajstić information content (AvgIpc) is 2.74. The van der Waals surface area contributed by atoms with Crippen molar-refractivity contribution in [3.05, 3.63) is 58.4 Å². The monoisotopic (exact) mass is 262 g/mol. The van der Waals surface area contributed by atoms with Gasteiger partial charge in [-0.3, -0.25) is 4.79 Å². The molecule has 0 saturated heterocycles. The Bertz CT molecular complexity index is 548. The second kappa shape index (κ2) is 5.74. The molecule has 94 valence electrons. The number of carbonyl (C=O) groups excluding carboxylic acids is 1. The Kier molecular flexibility index (Phi) is 4.05. The molecule has 0 saturated carbocycles. The molecule has 0 atom stereocenters. The fourth-order valence-electron chi connectivity index (χ4n) is 1.75. The van der Waals surface area contributed by atoms with Gasteiger partial charge in [-0.05, 0) is 30.2 Å². The van der Waals surface area contributed by atoms with E-state index in [9.17, 15) is 4.79 Å². The van der Waals surface area contributed by atoms with Crippen LogP contribution in [0.25, 0.3) is 0 Å². The molecule has 1 aromatic carbocycles. The van der Waals surface area contributed by atoms with E-state index in [2.05, 4.69) is 10.3 Å². The molecule has 0 radical (unpaired) electrons. The number of carbonyl (C=O) groups is 1. The minimum absolute atomic E-state index is 0.00563. The lowest BCUT2D eigenvalue weighted by Crippen LogP contribution is -2.24. The van der Waals surface area contributed by atoms with Crippen molar-refractivity contribution in [2.45, 2.75) is 19.9 Å². The third kappa shape index (κ3) is 3.37. The quantitative estimate of drug-likeness (QED) is 0.874. The Labute approximate surface area is 111 Å². The highest BCUT2D eigenvalue weighted by Crippen LogP contribution is 2.14. The SMILES string of the molecule is Cc1cc(CC(=O)NCc2ccccc2Cl)c[nH]1. The molecule has 2 aromatic rings. The number of rotatable bonds is 4. The lowest BCUT2D eigenvalue weighted by Gasteiger charge is -2.06. The molecular formula is C14H15ClN2O. The van der Waals surface area contributed by atoms with E-state index < -0.39 is 0 Å². The van der Waals surface area contributed by atoms with Crippen LogP contribution < -0.4 is 5.32 Å². The Hall–Kier alpha value is -1.74. The maximum absolute atomic E-state index is 11.7. The van der Waals surface area contributed by atoms with Crippen molar-refractivity contribution in [3.63, 3.8) is 0 Å².